The van der Waals surface area contributed by atoms with Crippen molar-refractivity contribution < 1.29 is 9.53 Å². The maximum Gasteiger partial charge on any atom is 0.337 e. The van der Waals surface area contributed by atoms with Crippen LogP contribution in [-0.2, 0) is 9.53 Å². The summed E-state index contributed by atoms with van der Waals surface area (Å²) in [4.78, 5) is 14.1. The molecule has 0 spiro atoms. The van der Waals surface area contributed by atoms with E-state index in [1.165, 1.54) is 7.11 Å². The summed E-state index contributed by atoms with van der Waals surface area (Å²) in [7, 11) is 5.34. The molecule has 0 fully saturated rings. The molecule has 1 aliphatic heterocycles. The molecule has 0 aromatic heterocycles. The average molecular weight is 305 g/mol. The zero-order valence-electron chi connectivity index (χ0n) is 12.6. The second-order valence-electron chi connectivity index (χ2n) is 5.05. The molecule has 0 saturated carbocycles. The molecule has 0 saturated heterocycles. The lowest BCUT2D eigenvalue weighted by Gasteiger charge is -2.29. The number of hydrogen-bond acceptors (Lipinski definition) is 4. The topological polar surface area (TPSA) is 53.6 Å². The summed E-state index contributed by atoms with van der Waals surface area (Å²) in [6, 6.07) is 7.68. The second kappa shape index (κ2) is 6.13. The van der Waals surface area contributed by atoms with Crippen molar-refractivity contribution in [2.45, 2.75) is 13.0 Å². The fourth-order valence-electron chi connectivity index (χ4n) is 2.29. The van der Waals surface area contributed by atoms with Gasteiger partial charge in [0.15, 0.2) is 5.11 Å². The second-order valence-corrected chi connectivity index (χ2v) is 5.46. The van der Waals surface area contributed by atoms with Crippen LogP contribution in [0.15, 0.2) is 35.5 Å². The van der Waals surface area contributed by atoms with Gasteiger partial charge in [0.1, 0.15) is 0 Å². The lowest BCUT2D eigenvalue weighted by atomic mass is 9.95. The number of carbonyl (C=O) groups is 1. The van der Waals surface area contributed by atoms with E-state index >= 15 is 0 Å². The minimum atomic E-state index is -0.364. The first-order valence-electron chi connectivity index (χ1n) is 6.58. The lowest BCUT2D eigenvalue weighted by Crippen LogP contribution is -2.45. The molecule has 2 N–H and O–H groups in total. The minimum Gasteiger partial charge on any atom is -0.466 e. The largest absolute Gasteiger partial charge is 0.466 e. The number of anilines is 1. The third-order valence-electron chi connectivity index (χ3n) is 3.42. The summed E-state index contributed by atoms with van der Waals surface area (Å²) in [6.45, 7) is 1.82. The smallest absolute Gasteiger partial charge is 0.337 e. The van der Waals surface area contributed by atoms with E-state index in [2.05, 4.69) is 10.6 Å². The number of nitrogens with one attached hydrogen (secondary N) is 2. The third kappa shape index (κ3) is 3.16. The van der Waals surface area contributed by atoms with Gasteiger partial charge in [-0.1, -0.05) is 12.1 Å². The molecule has 1 aliphatic rings. The summed E-state index contributed by atoms with van der Waals surface area (Å²) in [5.74, 6) is -0.364. The summed E-state index contributed by atoms with van der Waals surface area (Å²) in [5.41, 5.74) is 3.32. The molecule has 21 heavy (non-hydrogen) atoms. The van der Waals surface area contributed by atoms with E-state index in [4.69, 9.17) is 17.0 Å². The first-order chi connectivity index (χ1) is 9.93. The Labute approximate surface area is 130 Å². The van der Waals surface area contributed by atoms with Gasteiger partial charge in [-0.05, 0) is 36.8 Å². The number of hydrogen-bond donors (Lipinski definition) is 2. The normalized spacial score (nSPS) is 17.9. The molecule has 1 heterocycles. The minimum absolute atomic E-state index is 0.303. The predicted octanol–water partition coefficient (Wildman–Crippen LogP) is 1.72. The molecular formula is C15H19N3O2S. The zero-order valence-corrected chi connectivity index (χ0v) is 13.4. The molecule has 2 rings (SSSR count). The van der Waals surface area contributed by atoms with Crippen molar-refractivity contribution in [2.24, 2.45) is 0 Å². The van der Waals surface area contributed by atoms with Crippen LogP contribution >= 0.6 is 12.2 Å². The van der Waals surface area contributed by atoms with Crippen LogP contribution < -0.4 is 15.5 Å². The molecular weight excluding hydrogens is 286 g/mol. The van der Waals surface area contributed by atoms with Crippen molar-refractivity contribution in [3.8, 4) is 0 Å². The molecule has 112 valence electrons. The Morgan fingerprint density at radius 2 is 1.90 bits per heavy atom. The average Bonchev–Trinajstić information content (AvgIpc) is 2.45. The van der Waals surface area contributed by atoms with Gasteiger partial charge in [-0.25, -0.2) is 4.79 Å². The molecule has 5 nitrogen and oxygen atoms in total. The van der Waals surface area contributed by atoms with Crippen LogP contribution in [-0.4, -0.2) is 32.3 Å². The number of benzene rings is 1. The Bertz CT molecular complexity index is 593. The number of methoxy groups -OCH3 is 1. The summed E-state index contributed by atoms with van der Waals surface area (Å²) < 4.78 is 4.88. The van der Waals surface area contributed by atoms with Gasteiger partial charge in [-0.15, -0.1) is 0 Å². The number of rotatable bonds is 3. The van der Waals surface area contributed by atoms with Gasteiger partial charge in [0.25, 0.3) is 0 Å². The molecule has 0 bridgehead atoms. The number of esters is 1. The molecule has 6 heteroatoms. The van der Waals surface area contributed by atoms with Crippen LogP contribution in [0.2, 0.25) is 0 Å². The molecule has 0 amide bonds. The van der Waals surface area contributed by atoms with E-state index in [1.807, 2.05) is 50.2 Å². The maximum absolute atomic E-state index is 12.0. The quantitative estimate of drug-likeness (QED) is 0.655. The van der Waals surface area contributed by atoms with Gasteiger partial charge >= 0.3 is 5.97 Å². The number of nitrogens with zero attached hydrogens (tertiary/aromatic N) is 1. The Kier molecular flexibility index (Phi) is 4.47. The number of allylic oxidation sites excluding steroid dienone is 1. The maximum atomic E-state index is 12.0. The van der Waals surface area contributed by atoms with E-state index in [0.717, 1.165) is 11.3 Å². The van der Waals surface area contributed by atoms with Crippen LogP contribution in [0.3, 0.4) is 0 Å². The fourth-order valence-corrected chi connectivity index (χ4v) is 2.56. The van der Waals surface area contributed by atoms with Crippen molar-refractivity contribution in [3.05, 3.63) is 41.1 Å². The molecule has 0 aliphatic carbocycles. The Balaban J connectivity index is 2.41. The van der Waals surface area contributed by atoms with E-state index in [1.54, 1.807) is 0 Å². The van der Waals surface area contributed by atoms with E-state index in [0.29, 0.717) is 16.4 Å². The van der Waals surface area contributed by atoms with Crippen molar-refractivity contribution in [2.75, 3.05) is 26.1 Å². The van der Waals surface area contributed by atoms with Crippen LogP contribution in [0.4, 0.5) is 5.69 Å². The van der Waals surface area contributed by atoms with E-state index < -0.39 is 0 Å². The Morgan fingerprint density at radius 1 is 1.29 bits per heavy atom. The third-order valence-corrected chi connectivity index (χ3v) is 3.64. The zero-order chi connectivity index (χ0) is 15.6. The lowest BCUT2D eigenvalue weighted by molar-refractivity contribution is -0.136. The van der Waals surface area contributed by atoms with Crippen LogP contribution in [0, 0.1) is 0 Å². The summed E-state index contributed by atoms with van der Waals surface area (Å²) in [6.07, 6.45) is 0. The molecule has 0 radical (unpaired) electrons. The molecule has 0 unspecified atom stereocenters. The molecule has 1 atom stereocenters. The SMILES string of the molecule is COC(=O)C1=C(C)NC(=S)N[C@H]1c1ccc(N(C)C)cc1. The van der Waals surface area contributed by atoms with Gasteiger partial charge in [0, 0.05) is 25.5 Å². The first-order valence-corrected chi connectivity index (χ1v) is 6.98. The summed E-state index contributed by atoms with van der Waals surface area (Å²) in [5, 5.41) is 6.59. The van der Waals surface area contributed by atoms with E-state index in [9.17, 15) is 4.79 Å². The van der Waals surface area contributed by atoms with Gasteiger partial charge in [-0.3, -0.25) is 0 Å². The first kappa shape index (κ1) is 15.3. The highest BCUT2D eigenvalue weighted by Crippen LogP contribution is 2.28. The fraction of sp³-hybridized carbons (Fsp3) is 0.333. The van der Waals surface area contributed by atoms with Crippen molar-refractivity contribution in [3.63, 3.8) is 0 Å². The predicted molar refractivity (Wildman–Crippen MR) is 87.1 cm³/mol. The number of carbonyl (C=O) groups excluding carboxylic acids is 1. The standard InChI is InChI=1S/C15H19N3O2S/c1-9-12(14(19)20-4)13(17-15(21)16-9)10-5-7-11(8-6-10)18(2)3/h5-8,13H,1-4H3,(H2,16,17,21)/t13-/m0/s1. The van der Waals surface area contributed by atoms with Crippen molar-refractivity contribution in [1.82, 2.24) is 10.6 Å². The van der Waals surface area contributed by atoms with Crippen molar-refractivity contribution in [1.29, 1.82) is 0 Å². The monoisotopic (exact) mass is 305 g/mol. The Morgan fingerprint density at radius 3 is 2.43 bits per heavy atom. The molecule has 1 aromatic carbocycles. The number of ether oxygens (including phenoxy) is 1. The van der Waals surface area contributed by atoms with E-state index in [-0.39, 0.29) is 12.0 Å². The van der Waals surface area contributed by atoms with Crippen LogP contribution in [0.5, 0.6) is 0 Å². The van der Waals surface area contributed by atoms with Crippen LogP contribution in [0.1, 0.15) is 18.5 Å². The Hall–Kier alpha value is -2.08. The number of thiocarbonyl (C=S) groups is 1. The highest BCUT2D eigenvalue weighted by molar-refractivity contribution is 7.80. The highest BCUT2D eigenvalue weighted by atomic mass is 32.1. The highest BCUT2D eigenvalue weighted by Gasteiger charge is 2.30. The summed E-state index contributed by atoms with van der Waals surface area (Å²) >= 11 is 5.19. The van der Waals surface area contributed by atoms with Gasteiger partial charge < -0.3 is 20.3 Å². The van der Waals surface area contributed by atoms with Gasteiger partial charge in [0.2, 0.25) is 0 Å². The van der Waals surface area contributed by atoms with Gasteiger partial charge in [0.05, 0.1) is 18.7 Å². The molecule has 1 aromatic rings. The van der Waals surface area contributed by atoms with Gasteiger partial charge in [-0.2, -0.15) is 0 Å². The van der Waals surface area contributed by atoms with Crippen LogP contribution in [0.25, 0.3) is 0 Å². The van der Waals surface area contributed by atoms with Crippen molar-refractivity contribution >= 4 is 29.0 Å².